The van der Waals surface area contributed by atoms with Crippen molar-refractivity contribution >= 4 is 28.4 Å². The van der Waals surface area contributed by atoms with Crippen LogP contribution >= 0.6 is 22.6 Å². The quantitative estimate of drug-likeness (QED) is 0.822. The fourth-order valence-electron chi connectivity index (χ4n) is 1.19. The summed E-state index contributed by atoms with van der Waals surface area (Å²) in [6, 6.07) is 9.81. The molecule has 0 spiro atoms. The SMILES string of the molecule is Nc1ncc(I)nc1-c1ccccc1. The lowest BCUT2D eigenvalue weighted by Crippen LogP contribution is -1.98. The van der Waals surface area contributed by atoms with Gasteiger partial charge in [0.25, 0.3) is 0 Å². The zero-order valence-corrected chi connectivity index (χ0v) is 9.47. The van der Waals surface area contributed by atoms with Gasteiger partial charge >= 0.3 is 0 Å². The maximum atomic E-state index is 5.74. The third-order valence-electron chi connectivity index (χ3n) is 1.82. The van der Waals surface area contributed by atoms with Crippen molar-refractivity contribution in [3.63, 3.8) is 0 Å². The summed E-state index contributed by atoms with van der Waals surface area (Å²) in [6.07, 6.45) is 1.66. The minimum atomic E-state index is 0.469. The summed E-state index contributed by atoms with van der Waals surface area (Å²) >= 11 is 2.12. The zero-order chi connectivity index (χ0) is 9.97. The van der Waals surface area contributed by atoms with Gasteiger partial charge in [-0.05, 0) is 22.6 Å². The van der Waals surface area contributed by atoms with Crippen LogP contribution in [-0.2, 0) is 0 Å². The van der Waals surface area contributed by atoms with Crippen molar-refractivity contribution in [3.8, 4) is 11.3 Å². The Labute approximate surface area is 95.5 Å². The van der Waals surface area contributed by atoms with Crippen molar-refractivity contribution in [3.05, 3.63) is 40.2 Å². The standard InChI is InChI=1S/C10H8IN3/c11-8-6-13-10(12)9(14-8)7-4-2-1-3-5-7/h1-6H,(H2,12,13). The first kappa shape index (κ1) is 9.39. The number of hydrogen-bond acceptors (Lipinski definition) is 3. The van der Waals surface area contributed by atoms with E-state index in [1.165, 1.54) is 0 Å². The lowest BCUT2D eigenvalue weighted by molar-refractivity contribution is 1.18. The van der Waals surface area contributed by atoms with Gasteiger partial charge in [-0.15, -0.1) is 0 Å². The Bertz CT molecular complexity index is 442. The largest absolute Gasteiger partial charge is 0.382 e. The lowest BCUT2D eigenvalue weighted by Gasteiger charge is -2.03. The van der Waals surface area contributed by atoms with E-state index in [0.29, 0.717) is 5.82 Å². The summed E-state index contributed by atoms with van der Waals surface area (Å²) < 4.78 is 0.843. The fourth-order valence-corrected chi connectivity index (χ4v) is 1.57. The second kappa shape index (κ2) is 3.91. The number of nitrogens with two attached hydrogens (primary N) is 1. The van der Waals surface area contributed by atoms with Crippen molar-refractivity contribution in [2.24, 2.45) is 0 Å². The molecule has 0 saturated carbocycles. The van der Waals surface area contributed by atoms with Gasteiger partial charge in [-0.2, -0.15) is 0 Å². The number of hydrogen-bond donors (Lipinski definition) is 1. The molecule has 0 saturated heterocycles. The first-order valence-corrected chi connectivity index (χ1v) is 5.18. The highest BCUT2D eigenvalue weighted by molar-refractivity contribution is 14.1. The predicted octanol–water partition coefficient (Wildman–Crippen LogP) is 2.33. The molecule has 0 atom stereocenters. The molecule has 0 amide bonds. The molecule has 70 valence electrons. The molecule has 2 aromatic rings. The van der Waals surface area contributed by atoms with Crippen LogP contribution in [0.1, 0.15) is 0 Å². The highest BCUT2D eigenvalue weighted by atomic mass is 127. The Morgan fingerprint density at radius 3 is 2.57 bits per heavy atom. The van der Waals surface area contributed by atoms with E-state index in [4.69, 9.17) is 5.73 Å². The Hall–Kier alpha value is -1.17. The normalized spacial score (nSPS) is 10.1. The Kier molecular flexibility index (Phi) is 2.62. The van der Waals surface area contributed by atoms with Crippen LogP contribution in [0, 0.1) is 3.70 Å². The maximum absolute atomic E-state index is 5.74. The van der Waals surface area contributed by atoms with Gasteiger partial charge in [-0.3, -0.25) is 0 Å². The third kappa shape index (κ3) is 1.84. The number of nitrogens with zero attached hydrogens (tertiary/aromatic N) is 2. The van der Waals surface area contributed by atoms with E-state index in [0.717, 1.165) is 15.0 Å². The van der Waals surface area contributed by atoms with Crippen LogP contribution in [0.3, 0.4) is 0 Å². The number of nitrogen functional groups attached to an aromatic ring is 1. The van der Waals surface area contributed by atoms with Gasteiger partial charge in [0.2, 0.25) is 0 Å². The first-order valence-electron chi connectivity index (χ1n) is 4.11. The van der Waals surface area contributed by atoms with Crippen LogP contribution < -0.4 is 5.73 Å². The molecular formula is C10H8IN3. The number of aromatic nitrogens is 2. The third-order valence-corrected chi connectivity index (χ3v) is 2.34. The number of halogens is 1. The zero-order valence-electron chi connectivity index (χ0n) is 7.31. The van der Waals surface area contributed by atoms with Crippen LogP contribution in [0.5, 0.6) is 0 Å². The molecule has 2 rings (SSSR count). The predicted molar refractivity (Wildman–Crippen MR) is 64.6 cm³/mol. The van der Waals surface area contributed by atoms with Crippen LogP contribution in [0.15, 0.2) is 36.5 Å². The highest BCUT2D eigenvalue weighted by Gasteiger charge is 2.04. The lowest BCUT2D eigenvalue weighted by atomic mass is 10.1. The molecule has 4 heteroatoms. The van der Waals surface area contributed by atoms with E-state index in [-0.39, 0.29) is 0 Å². The molecule has 2 N–H and O–H groups in total. The van der Waals surface area contributed by atoms with Crippen LogP contribution in [0.25, 0.3) is 11.3 Å². The smallest absolute Gasteiger partial charge is 0.150 e. The number of rotatable bonds is 1. The van der Waals surface area contributed by atoms with Crippen LogP contribution in [0.4, 0.5) is 5.82 Å². The average molecular weight is 297 g/mol. The minimum absolute atomic E-state index is 0.469. The summed E-state index contributed by atoms with van der Waals surface area (Å²) in [6.45, 7) is 0. The van der Waals surface area contributed by atoms with E-state index >= 15 is 0 Å². The second-order valence-corrected chi connectivity index (χ2v) is 3.90. The molecule has 0 unspecified atom stereocenters. The van der Waals surface area contributed by atoms with E-state index < -0.39 is 0 Å². The van der Waals surface area contributed by atoms with E-state index in [1.54, 1.807) is 6.20 Å². The molecule has 0 bridgehead atoms. The molecular weight excluding hydrogens is 289 g/mol. The Morgan fingerprint density at radius 1 is 1.14 bits per heavy atom. The van der Waals surface area contributed by atoms with Crippen molar-refractivity contribution in [1.29, 1.82) is 0 Å². The van der Waals surface area contributed by atoms with E-state index in [9.17, 15) is 0 Å². The van der Waals surface area contributed by atoms with Crippen molar-refractivity contribution < 1.29 is 0 Å². The highest BCUT2D eigenvalue weighted by Crippen LogP contribution is 2.21. The van der Waals surface area contributed by atoms with E-state index in [1.807, 2.05) is 30.3 Å². The minimum Gasteiger partial charge on any atom is -0.382 e. The molecule has 1 aromatic carbocycles. The van der Waals surface area contributed by atoms with Gasteiger partial charge in [0.15, 0.2) is 0 Å². The molecule has 0 aliphatic carbocycles. The second-order valence-electron chi connectivity index (χ2n) is 2.79. The molecule has 0 aliphatic heterocycles. The van der Waals surface area contributed by atoms with Gasteiger partial charge < -0.3 is 5.73 Å². The summed E-state index contributed by atoms with van der Waals surface area (Å²) in [5, 5.41) is 0. The van der Waals surface area contributed by atoms with Gasteiger partial charge in [0.1, 0.15) is 15.2 Å². The Balaban J connectivity index is 2.57. The molecule has 3 nitrogen and oxygen atoms in total. The molecule has 0 fully saturated rings. The topological polar surface area (TPSA) is 51.8 Å². The molecule has 14 heavy (non-hydrogen) atoms. The van der Waals surface area contributed by atoms with Gasteiger partial charge in [-0.1, -0.05) is 30.3 Å². The summed E-state index contributed by atoms with van der Waals surface area (Å²) in [7, 11) is 0. The van der Waals surface area contributed by atoms with Gasteiger partial charge in [-0.25, -0.2) is 9.97 Å². The summed E-state index contributed by atoms with van der Waals surface area (Å²) in [4.78, 5) is 8.40. The average Bonchev–Trinajstić information content (AvgIpc) is 2.23. The van der Waals surface area contributed by atoms with Crippen molar-refractivity contribution in [2.75, 3.05) is 5.73 Å². The Morgan fingerprint density at radius 2 is 1.86 bits per heavy atom. The fraction of sp³-hybridized carbons (Fsp3) is 0. The van der Waals surface area contributed by atoms with Crippen LogP contribution in [-0.4, -0.2) is 9.97 Å². The van der Waals surface area contributed by atoms with Crippen LogP contribution in [0.2, 0.25) is 0 Å². The number of benzene rings is 1. The monoisotopic (exact) mass is 297 g/mol. The summed E-state index contributed by atoms with van der Waals surface area (Å²) in [5.41, 5.74) is 7.49. The summed E-state index contributed by atoms with van der Waals surface area (Å²) in [5.74, 6) is 0.469. The van der Waals surface area contributed by atoms with Crippen molar-refractivity contribution in [2.45, 2.75) is 0 Å². The maximum Gasteiger partial charge on any atom is 0.150 e. The number of anilines is 1. The molecule has 1 heterocycles. The molecule has 1 aromatic heterocycles. The molecule has 0 aliphatic rings. The van der Waals surface area contributed by atoms with Gasteiger partial charge in [0, 0.05) is 5.56 Å². The molecule has 0 radical (unpaired) electrons. The van der Waals surface area contributed by atoms with E-state index in [2.05, 4.69) is 32.6 Å². The van der Waals surface area contributed by atoms with Crippen molar-refractivity contribution in [1.82, 2.24) is 9.97 Å². The van der Waals surface area contributed by atoms with Gasteiger partial charge in [0.05, 0.1) is 6.20 Å². The first-order chi connectivity index (χ1) is 6.77.